The minimum Gasteiger partial charge on any atom is -0.594 e. The molecule has 6 rings (SSSR count). The normalized spacial score (nSPS) is 36.5. The van der Waals surface area contributed by atoms with Crippen LogP contribution in [-0.4, -0.2) is 33.2 Å². The molecule has 0 unspecified atom stereocenters. The summed E-state index contributed by atoms with van der Waals surface area (Å²) in [6.07, 6.45) is -0.786. The third-order valence-electron chi connectivity index (χ3n) is 6.23. The molecule has 4 heterocycles. The number of hydroxylamine groups is 1. The molecule has 0 N–H and O–H groups in total. The van der Waals surface area contributed by atoms with Gasteiger partial charge >= 0.3 is 0 Å². The first-order valence-corrected chi connectivity index (χ1v) is 8.78. The van der Waals surface area contributed by atoms with E-state index in [0.717, 1.165) is 11.1 Å². The largest absolute Gasteiger partial charge is 0.594 e. The van der Waals surface area contributed by atoms with Crippen molar-refractivity contribution in [3.8, 4) is 0 Å². The predicted molar refractivity (Wildman–Crippen MR) is 90.8 cm³/mol. The minimum atomic E-state index is -1.06. The number of hydrogen-bond acceptors (Lipinski definition) is 5. The maximum absolute atomic E-state index is 13.4. The van der Waals surface area contributed by atoms with Crippen molar-refractivity contribution < 1.29 is 19.2 Å². The molecule has 6 nitrogen and oxygen atoms in total. The molecule has 0 amide bonds. The van der Waals surface area contributed by atoms with Crippen molar-refractivity contribution in [3.63, 3.8) is 0 Å². The van der Waals surface area contributed by atoms with Gasteiger partial charge in [0.15, 0.2) is 0 Å². The Morgan fingerprint density at radius 3 is 2.42 bits per heavy atom. The van der Waals surface area contributed by atoms with Gasteiger partial charge < -0.3 is 9.94 Å². The van der Waals surface area contributed by atoms with Gasteiger partial charge in [0.05, 0.1) is 17.6 Å². The number of ether oxygens (including phenoxy) is 1. The summed E-state index contributed by atoms with van der Waals surface area (Å²) in [6.45, 7) is 1.80. The highest BCUT2D eigenvalue weighted by atomic mass is 16.8. The second-order valence-electron chi connectivity index (χ2n) is 7.44. The molecule has 0 aromatic heterocycles. The maximum atomic E-state index is 13.4. The number of fused-ring (bicyclic) bond motifs is 10. The van der Waals surface area contributed by atoms with Crippen LogP contribution in [0.2, 0.25) is 0 Å². The van der Waals surface area contributed by atoms with E-state index in [1.54, 1.807) is 19.1 Å². The summed E-state index contributed by atoms with van der Waals surface area (Å²) in [4.78, 5) is 20.0. The van der Waals surface area contributed by atoms with Crippen molar-refractivity contribution >= 4 is 11.5 Å². The summed E-state index contributed by atoms with van der Waals surface area (Å²) in [5.74, 6) is -0.424. The quantitative estimate of drug-likeness (QED) is 0.584. The summed E-state index contributed by atoms with van der Waals surface area (Å²) in [6, 6.07) is 17.1. The molecule has 130 valence electrons. The molecule has 5 atom stereocenters. The lowest BCUT2D eigenvalue weighted by Gasteiger charge is -2.28. The van der Waals surface area contributed by atoms with E-state index >= 15 is 0 Å². The van der Waals surface area contributed by atoms with Gasteiger partial charge in [-0.15, -0.1) is 0 Å². The molecular formula is C20H16N2O4. The standard InChI is InChI=1S/C20H16N2O4/c1-20-14-16-12-9-5-6-10-13(12)17(25-16)18(14)26-22(20)21(24)15(19(20)23)11-7-3-2-4-8-11/h2-10,14,16-18H,1H3/t14-,16-,17+,18-,20+/m1/s1. The van der Waals surface area contributed by atoms with Crippen LogP contribution in [0.3, 0.4) is 0 Å². The summed E-state index contributed by atoms with van der Waals surface area (Å²) in [5, 5.41) is 14.2. The van der Waals surface area contributed by atoms with Crippen LogP contribution in [0.5, 0.6) is 0 Å². The second-order valence-corrected chi connectivity index (χ2v) is 7.44. The van der Waals surface area contributed by atoms with Gasteiger partial charge in [0.25, 0.3) is 11.5 Å². The number of ketones is 1. The fourth-order valence-corrected chi connectivity index (χ4v) is 5.04. The first-order chi connectivity index (χ1) is 12.6. The number of carbonyl (C=O) groups is 1. The Balaban J connectivity index is 1.48. The van der Waals surface area contributed by atoms with Crippen molar-refractivity contribution in [2.24, 2.45) is 5.92 Å². The molecule has 2 aromatic rings. The highest BCUT2D eigenvalue weighted by Gasteiger charge is 2.75. The Kier molecular flexibility index (Phi) is 2.52. The van der Waals surface area contributed by atoms with Crippen molar-refractivity contribution in [2.75, 3.05) is 0 Å². The van der Waals surface area contributed by atoms with Crippen molar-refractivity contribution in [1.82, 2.24) is 5.17 Å². The van der Waals surface area contributed by atoms with Crippen LogP contribution in [0.4, 0.5) is 0 Å². The van der Waals surface area contributed by atoms with E-state index in [4.69, 9.17) is 9.57 Å². The van der Waals surface area contributed by atoms with Crippen LogP contribution in [0, 0.1) is 11.1 Å². The predicted octanol–water partition coefficient (Wildman–Crippen LogP) is 2.30. The first kappa shape index (κ1) is 14.5. The third-order valence-corrected chi connectivity index (χ3v) is 6.23. The van der Waals surface area contributed by atoms with Gasteiger partial charge in [0.2, 0.25) is 5.54 Å². The second kappa shape index (κ2) is 4.52. The Bertz CT molecular complexity index is 988. The van der Waals surface area contributed by atoms with Crippen LogP contribution in [0.25, 0.3) is 0 Å². The number of hydrazine groups is 1. The van der Waals surface area contributed by atoms with Gasteiger partial charge in [0.1, 0.15) is 12.2 Å². The Labute approximate surface area is 149 Å². The average Bonchev–Trinajstić information content (AvgIpc) is 3.35. The van der Waals surface area contributed by atoms with E-state index in [2.05, 4.69) is 0 Å². The molecule has 4 aliphatic heterocycles. The van der Waals surface area contributed by atoms with Crippen LogP contribution in [0.1, 0.15) is 35.8 Å². The maximum Gasteiger partial charge on any atom is 0.297 e. The zero-order valence-corrected chi connectivity index (χ0v) is 14.0. The summed E-state index contributed by atoms with van der Waals surface area (Å²) >= 11 is 0. The van der Waals surface area contributed by atoms with Gasteiger partial charge in [-0.25, -0.2) is 4.84 Å². The zero-order chi connectivity index (χ0) is 17.6. The monoisotopic (exact) mass is 348 g/mol. The lowest BCUT2D eigenvalue weighted by molar-refractivity contribution is -0.719. The SMILES string of the molecule is C[C@]12C(=O)C(c3ccccc3)=[N+]([O-])N1O[C@@H]1[C@H]2[C@@H]2O[C@H]1c1ccccc12. The number of hydrogen-bond donors (Lipinski definition) is 0. The van der Waals surface area contributed by atoms with Crippen molar-refractivity contribution in [1.29, 1.82) is 0 Å². The Morgan fingerprint density at radius 2 is 1.69 bits per heavy atom. The highest BCUT2D eigenvalue weighted by molar-refractivity contribution is 6.47. The van der Waals surface area contributed by atoms with E-state index in [1.165, 1.54) is 5.17 Å². The van der Waals surface area contributed by atoms with Crippen LogP contribution in [-0.2, 0) is 14.4 Å². The van der Waals surface area contributed by atoms with E-state index < -0.39 is 5.54 Å². The van der Waals surface area contributed by atoms with Gasteiger partial charge in [-0.05, 0) is 40.2 Å². The number of carbonyl (C=O) groups excluding carboxylic acids is 1. The molecule has 0 saturated carbocycles. The number of nitrogens with zero attached hydrogens (tertiary/aromatic N) is 2. The van der Waals surface area contributed by atoms with Gasteiger partial charge in [0, 0.05) is 0 Å². The van der Waals surface area contributed by atoms with Gasteiger partial charge in [-0.3, -0.25) is 4.79 Å². The van der Waals surface area contributed by atoms with E-state index in [1.807, 2.05) is 42.5 Å². The molecule has 2 saturated heterocycles. The minimum absolute atomic E-state index is 0.127. The molecule has 4 aliphatic rings. The van der Waals surface area contributed by atoms with Crippen LogP contribution in [0.15, 0.2) is 54.6 Å². The van der Waals surface area contributed by atoms with Gasteiger partial charge in [-0.1, -0.05) is 42.5 Å². The molecule has 0 aliphatic carbocycles. The Morgan fingerprint density at radius 1 is 1.04 bits per heavy atom. The first-order valence-electron chi connectivity index (χ1n) is 8.78. The van der Waals surface area contributed by atoms with Crippen molar-refractivity contribution in [3.05, 3.63) is 76.5 Å². The van der Waals surface area contributed by atoms with Crippen molar-refractivity contribution in [2.45, 2.75) is 30.8 Å². The molecule has 0 spiro atoms. The Hall–Kier alpha value is -2.70. The molecule has 6 heteroatoms. The summed E-state index contributed by atoms with van der Waals surface area (Å²) < 4.78 is 6.17. The lowest BCUT2D eigenvalue weighted by Crippen LogP contribution is -2.50. The van der Waals surface area contributed by atoms with E-state index in [9.17, 15) is 10.0 Å². The molecule has 2 fully saturated rings. The van der Waals surface area contributed by atoms with Crippen LogP contribution >= 0.6 is 0 Å². The van der Waals surface area contributed by atoms with E-state index in [0.29, 0.717) is 10.4 Å². The smallest absolute Gasteiger partial charge is 0.297 e. The number of benzene rings is 2. The van der Waals surface area contributed by atoms with Gasteiger partial charge in [-0.2, -0.15) is 0 Å². The number of hydrazone groups is 1. The number of rotatable bonds is 1. The molecule has 0 radical (unpaired) electrons. The molecular weight excluding hydrogens is 332 g/mol. The van der Waals surface area contributed by atoms with Crippen LogP contribution < -0.4 is 0 Å². The topological polar surface area (TPSA) is 64.8 Å². The summed E-state index contributed by atoms with van der Waals surface area (Å²) in [7, 11) is 0. The lowest BCUT2D eigenvalue weighted by atomic mass is 9.70. The zero-order valence-electron chi connectivity index (χ0n) is 14.0. The fraction of sp³-hybridized carbons (Fsp3) is 0.300. The third kappa shape index (κ3) is 1.43. The average molecular weight is 348 g/mol. The molecule has 2 aromatic carbocycles. The molecule has 2 bridgehead atoms. The number of Topliss-reactive ketones (excluding diaryl/α,β-unsaturated/α-hetero) is 1. The fourth-order valence-electron chi connectivity index (χ4n) is 5.04. The summed E-state index contributed by atoms with van der Waals surface area (Å²) in [5.41, 5.74) is 1.87. The molecule has 26 heavy (non-hydrogen) atoms. The highest BCUT2D eigenvalue weighted by Crippen LogP contribution is 2.63. The van der Waals surface area contributed by atoms with E-state index in [-0.39, 0.29) is 35.7 Å².